The van der Waals surface area contributed by atoms with Crippen molar-refractivity contribution in [2.45, 2.75) is 25.4 Å². The first-order valence-corrected chi connectivity index (χ1v) is 11.7. The van der Waals surface area contributed by atoms with E-state index in [1.165, 1.54) is 16.2 Å². The highest BCUT2D eigenvalue weighted by atomic mass is 32.1. The molecule has 0 bridgehead atoms. The van der Waals surface area contributed by atoms with Crippen LogP contribution in [0.3, 0.4) is 0 Å². The standard InChI is InChI=1S/C26H23NO5S/c1-31-21-9-3-2-8-19(21)23-22(25(29)26(30)27(23)15-18-7-5-13-33-18)24(28)17-10-11-20-16(14-17)6-4-12-32-20/h2-3,5,7-11,13-14,23,28H,4,6,12,15H2,1H3/b24-22+. The topological polar surface area (TPSA) is 76.1 Å². The summed E-state index contributed by atoms with van der Waals surface area (Å²) >= 11 is 1.51. The van der Waals surface area contributed by atoms with Crippen LogP contribution in [-0.2, 0) is 22.6 Å². The van der Waals surface area contributed by atoms with Crippen LogP contribution in [0.15, 0.2) is 65.6 Å². The molecule has 0 spiro atoms. The van der Waals surface area contributed by atoms with E-state index < -0.39 is 17.7 Å². The monoisotopic (exact) mass is 461 g/mol. The van der Waals surface area contributed by atoms with Crippen molar-refractivity contribution in [3.63, 3.8) is 0 Å². The number of nitrogens with zero attached hydrogens (tertiary/aromatic N) is 1. The second-order valence-corrected chi connectivity index (χ2v) is 9.06. The molecule has 5 rings (SSSR count). The number of aryl methyl sites for hydroxylation is 1. The Hall–Kier alpha value is -3.58. The SMILES string of the molecule is COc1ccccc1C1/C(=C(\O)c2ccc3c(c2)CCCO3)C(=O)C(=O)N1Cc1cccs1. The van der Waals surface area contributed by atoms with Gasteiger partial charge in [0.2, 0.25) is 0 Å². The Balaban J connectivity index is 1.66. The number of ether oxygens (including phenoxy) is 2. The number of benzene rings is 2. The van der Waals surface area contributed by atoms with Gasteiger partial charge in [0.05, 0.1) is 31.9 Å². The summed E-state index contributed by atoms with van der Waals surface area (Å²) in [5.74, 6) is -0.190. The lowest BCUT2D eigenvalue weighted by Gasteiger charge is -2.26. The molecule has 1 N–H and O–H groups in total. The summed E-state index contributed by atoms with van der Waals surface area (Å²) < 4.78 is 11.2. The van der Waals surface area contributed by atoms with Crippen LogP contribution < -0.4 is 9.47 Å². The van der Waals surface area contributed by atoms with Crippen LogP contribution in [-0.4, -0.2) is 35.4 Å². The van der Waals surface area contributed by atoms with E-state index in [9.17, 15) is 14.7 Å². The Labute approximate surface area is 195 Å². The van der Waals surface area contributed by atoms with E-state index in [-0.39, 0.29) is 17.9 Å². The number of ketones is 1. The molecule has 2 aromatic carbocycles. The number of aliphatic hydroxyl groups excluding tert-OH is 1. The number of aliphatic hydroxyl groups is 1. The molecule has 3 heterocycles. The maximum atomic E-state index is 13.3. The second-order valence-electron chi connectivity index (χ2n) is 8.02. The highest BCUT2D eigenvalue weighted by Gasteiger charge is 2.47. The zero-order chi connectivity index (χ0) is 22.9. The summed E-state index contributed by atoms with van der Waals surface area (Å²) in [5.41, 5.74) is 2.19. The number of likely N-dealkylation sites (tertiary alicyclic amines) is 1. The van der Waals surface area contributed by atoms with Crippen molar-refractivity contribution >= 4 is 28.8 Å². The van der Waals surface area contributed by atoms with Gasteiger partial charge in [0, 0.05) is 16.0 Å². The van der Waals surface area contributed by atoms with Crippen molar-refractivity contribution in [2.24, 2.45) is 0 Å². The number of carbonyl (C=O) groups is 2. The van der Waals surface area contributed by atoms with Crippen LogP contribution in [0.25, 0.3) is 5.76 Å². The van der Waals surface area contributed by atoms with Crippen LogP contribution >= 0.6 is 11.3 Å². The molecule has 33 heavy (non-hydrogen) atoms. The molecule has 2 aliphatic heterocycles. The second kappa shape index (κ2) is 8.75. The zero-order valence-corrected chi connectivity index (χ0v) is 18.9. The number of carbonyl (C=O) groups excluding carboxylic acids is 2. The predicted molar refractivity (Wildman–Crippen MR) is 125 cm³/mol. The zero-order valence-electron chi connectivity index (χ0n) is 18.1. The van der Waals surface area contributed by atoms with Crippen molar-refractivity contribution in [2.75, 3.05) is 13.7 Å². The van der Waals surface area contributed by atoms with E-state index in [0.29, 0.717) is 23.5 Å². The minimum absolute atomic E-state index is 0.0673. The van der Waals surface area contributed by atoms with E-state index in [4.69, 9.17) is 9.47 Å². The number of thiophene rings is 1. The van der Waals surface area contributed by atoms with Crippen molar-refractivity contribution in [1.82, 2.24) is 4.90 Å². The van der Waals surface area contributed by atoms with Crippen molar-refractivity contribution in [3.05, 3.63) is 87.1 Å². The van der Waals surface area contributed by atoms with Gasteiger partial charge in [-0.2, -0.15) is 0 Å². The maximum absolute atomic E-state index is 13.3. The Morgan fingerprint density at radius 2 is 2.03 bits per heavy atom. The smallest absolute Gasteiger partial charge is 0.295 e. The molecule has 0 saturated carbocycles. The van der Waals surface area contributed by atoms with Gasteiger partial charge in [0.25, 0.3) is 11.7 Å². The fraction of sp³-hybridized carbons (Fsp3) is 0.231. The quantitative estimate of drug-likeness (QED) is 0.339. The molecule has 1 aromatic heterocycles. The third-order valence-electron chi connectivity index (χ3n) is 6.06. The van der Waals surface area contributed by atoms with Gasteiger partial charge in [0.15, 0.2) is 0 Å². The minimum atomic E-state index is -0.768. The molecular weight excluding hydrogens is 438 g/mol. The fourth-order valence-electron chi connectivity index (χ4n) is 4.49. The van der Waals surface area contributed by atoms with E-state index >= 15 is 0 Å². The third-order valence-corrected chi connectivity index (χ3v) is 6.92. The van der Waals surface area contributed by atoms with E-state index in [0.717, 1.165) is 29.0 Å². The van der Waals surface area contributed by atoms with Gasteiger partial charge in [0.1, 0.15) is 17.3 Å². The number of Topliss-reactive ketones (excluding diaryl/α,β-unsaturated/α-hetero) is 1. The average Bonchev–Trinajstić information content (AvgIpc) is 3.45. The van der Waals surface area contributed by atoms with Gasteiger partial charge in [-0.05, 0) is 54.1 Å². The number of amides is 1. The summed E-state index contributed by atoms with van der Waals surface area (Å²) in [5, 5.41) is 13.3. The molecule has 7 heteroatoms. The Kier molecular flexibility index (Phi) is 5.64. The van der Waals surface area contributed by atoms with Gasteiger partial charge in [-0.15, -0.1) is 11.3 Å². The lowest BCUT2D eigenvalue weighted by molar-refractivity contribution is -0.140. The first kappa shape index (κ1) is 21.3. The van der Waals surface area contributed by atoms with E-state index in [2.05, 4.69) is 0 Å². The van der Waals surface area contributed by atoms with E-state index in [1.807, 2.05) is 47.8 Å². The number of para-hydroxylation sites is 1. The summed E-state index contributed by atoms with van der Waals surface area (Å²) in [6.07, 6.45) is 1.72. The summed E-state index contributed by atoms with van der Waals surface area (Å²) in [4.78, 5) is 28.9. The number of methoxy groups -OCH3 is 1. The summed E-state index contributed by atoms with van der Waals surface area (Å²) in [6.45, 7) is 0.930. The highest BCUT2D eigenvalue weighted by molar-refractivity contribution is 7.09. The molecule has 0 aliphatic carbocycles. The summed E-state index contributed by atoms with van der Waals surface area (Å²) in [6, 6.07) is 15.7. The average molecular weight is 462 g/mol. The molecule has 1 atom stereocenters. The van der Waals surface area contributed by atoms with Crippen LogP contribution in [0.5, 0.6) is 11.5 Å². The fourth-order valence-corrected chi connectivity index (χ4v) is 5.20. The Morgan fingerprint density at radius 3 is 2.82 bits per heavy atom. The molecule has 3 aromatic rings. The van der Waals surface area contributed by atoms with Gasteiger partial charge in [-0.25, -0.2) is 0 Å². The minimum Gasteiger partial charge on any atom is -0.507 e. The Bertz CT molecular complexity index is 1250. The van der Waals surface area contributed by atoms with Gasteiger partial charge in [-0.1, -0.05) is 24.3 Å². The third kappa shape index (κ3) is 3.78. The highest BCUT2D eigenvalue weighted by Crippen LogP contribution is 2.44. The van der Waals surface area contributed by atoms with Gasteiger partial charge < -0.3 is 19.5 Å². The molecule has 6 nitrogen and oxygen atoms in total. The molecular formula is C26H23NO5S. The summed E-state index contributed by atoms with van der Waals surface area (Å²) in [7, 11) is 1.55. The Morgan fingerprint density at radius 1 is 1.18 bits per heavy atom. The van der Waals surface area contributed by atoms with E-state index in [1.54, 1.807) is 19.2 Å². The van der Waals surface area contributed by atoms with Gasteiger partial charge in [-0.3, -0.25) is 9.59 Å². The number of hydrogen-bond acceptors (Lipinski definition) is 6. The maximum Gasteiger partial charge on any atom is 0.295 e. The normalized spacial score (nSPS) is 19.3. The van der Waals surface area contributed by atoms with Crippen molar-refractivity contribution < 1.29 is 24.2 Å². The van der Waals surface area contributed by atoms with Crippen LogP contribution in [0.2, 0.25) is 0 Å². The number of fused-ring (bicyclic) bond motifs is 1. The molecule has 1 amide bonds. The van der Waals surface area contributed by atoms with Crippen LogP contribution in [0, 0.1) is 0 Å². The predicted octanol–water partition coefficient (Wildman–Crippen LogP) is 4.70. The first-order chi connectivity index (χ1) is 16.1. The van der Waals surface area contributed by atoms with Gasteiger partial charge >= 0.3 is 0 Å². The van der Waals surface area contributed by atoms with Crippen molar-refractivity contribution in [1.29, 1.82) is 0 Å². The molecule has 1 unspecified atom stereocenters. The lowest BCUT2D eigenvalue weighted by atomic mass is 9.93. The largest absolute Gasteiger partial charge is 0.507 e. The molecule has 168 valence electrons. The number of hydrogen-bond donors (Lipinski definition) is 1. The van der Waals surface area contributed by atoms with Crippen molar-refractivity contribution in [3.8, 4) is 11.5 Å². The lowest BCUT2D eigenvalue weighted by Crippen LogP contribution is -2.29. The molecule has 1 saturated heterocycles. The molecule has 0 radical (unpaired) electrons. The first-order valence-electron chi connectivity index (χ1n) is 10.8. The van der Waals surface area contributed by atoms with Crippen LogP contribution in [0.4, 0.5) is 0 Å². The number of rotatable bonds is 5. The molecule has 2 aliphatic rings. The molecule has 1 fully saturated rings. The van der Waals surface area contributed by atoms with Crippen LogP contribution in [0.1, 0.15) is 34.0 Å².